The third kappa shape index (κ3) is 1.96. The molecule has 0 N–H and O–H groups in total. The lowest BCUT2D eigenvalue weighted by molar-refractivity contribution is -0.132. The Bertz CT molecular complexity index is 455. The second-order valence-corrected chi connectivity index (χ2v) is 6.79. The number of hydrogen-bond acceptors (Lipinski definition) is 2. The number of carbonyl (C=O) groups excluding carboxylic acids is 1. The van der Waals surface area contributed by atoms with Gasteiger partial charge in [-0.3, -0.25) is 9.78 Å². The molecule has 0 spiro atoms. The average molecular weight is 344 g/mol. The molecule has 0 aromatic carbocycles. The van der Waals surface area contributed by atoms with Crippen molar-refractivity contribution < 1.29 is 4.79 Å². The number of carbonyl (C=O) groups is 1. The zero-order valence-electron chi connectivity index (χ0n) is 10.6. The molecule has 1 saturated heterocycles. The van der Waals surface area contributed by atoms with Crippen LogP contribution in [0.25, 0.3) is 0 Å². The van der Waals surface area contributed by atoms with Crippen molar-refractivity contribution in [2.45, 2.75) is 38.1 Å². The van der Waals surface area contributed by atoms with E-state index in [0.29, 0.717) is 0 Å². The Morgan fingerprint density at radius 2 is 2.00 bits per heavy atom. The Labute approximate surface area is 116 Å². The van der Waals surface area contributed by atoms with Crippen LogP contribution in [0, 0.1) is 3.57 Å². The van der Waals surface area contributed by atoms with Crippen LogP contribution < -0.4 is 0 Å². The summed E-state index contributed by atoms with van der Waals surface area (Å²) in [5.41, 5.74) is 0.291. The van der Waals surface area contributed by atoms with Gasteiger partial charge in [0.15, 0.2) is 0 Å². The van der Waals surface area contributed by atoms with Crippen LogP contribution in [0.1, 0.15) is 32.9 Å². The Hall–Kier alpha value is -0.650. The van der Waals surface area contributed by atoms with Gasteiger partial charge in [0.1, 0.15) is 0 Å². The van der Waals surface area contributed by atoms with Gasteiger partial charge in [0.05, 0.1) is 11.1 Å². The number of nitrogens with zero attached hydrogens (tertiary/aromatic N) is 2. The molecule has 1 aliphatic heterocycles. The van der Waals surface area contributed by atoms with Crippen molar-refractivity contribution in [2.24, 2.45) is 0 Å². The topological polar surface area (TPSA) is 33.2 Å². The third-order valence-corrected chi connectivity index (χ3v) is 4.40. The van der Waals surface area contributed by atoms with Crippen LogP contribution in [0.15, 0.2) is 18.3 Å². The molecule has 4 heteroatoms. The molecular formula is C13H17IN2O. The van der Waals surface area contributed by atoms with E-state index in [9.17, 15) is 4.79 Å². The summed E-state index contributed by atoms with van der Waals surface area (Å²) >= 11 is 2.22. The summed E-state index contributed by atoms with van der Waals surface area (Å²) in [6, 6.07) is 3.97. The van der Waals surface area contributed by atoms with Crippen LogP contribution in [0.5, 0.6) is 0 Å². The molecule has 2 rings (SSSR count). The number of likely N-dealkylation sites (N-methyl/N-ethyl adjacent to an activating group) is 1. The predicted molar refractivity (Wildman–Crippen MR) is 75.8 cm³/mol. The second kappa shape index (κ2) is 3.93. The average Bonchev–Trinajstić information content (AvgIpc) is 2.41. The molecule has 1 amide bonds. The van der Waals surface area contributed by atoms with E-state index in [4.69, 9.17) is 0 Å². The largest absolute Gasteiger partial charge is 0.340 e. The molecule has 1 fully saturated rings. The van der Waals surface area contributed by atoms with E-state index in [2.05, 4.69) is 41.4 Å². The summed E-state index contributed by atoms with van der Waals surface area (Å²) in [5.74, 6) is 0.163. The number of rotatable bonds is 1. The first kappa shape index (κ1) is 12.8. The Kier molecular flexibility index (Phi) is 2.96. The van der Waals surface area contributed by atoms with Gasteiger partial charge in [0, 0.05) is 22.4 Å². The summed E-state index contributed by atoms with van der Waals surface area (Å²) in [5, 5.41) is 0. The van der Waals surface area contributed by atoms with Crippen molar-refractivity contribution in [2.75, 3.05) is 7.05 Å². The van der Waals surface area contributed by atoms with E-state index in [1.54, 1.807) is 0 Å². The highest BCUT2D eigenvalue weighted by Gasteiger charge is 2.52. The first-order valence-corrected chi connectivity index (χ1v) is 6.75. The molecule has 0 bridgehead atoms. The fourth-order valence-corrected chi connectivity index (χ4v) is 2.93. The van der Waals surface area contributed by atoms with E-state index < -0.39 is 5.41 Å². The van der Waals surface area contributed by atoms with Crippen LogP contribution in [0.3, 0.4) is 0 Å². The van der Waals surface area contributed by atoms with E-state index >= 15 is 0 Å². The molecule has 3 nitrogen and oxygen atoms in total. The Morgan fingerprint density at radius 1 is 1.35 bits per heavy atom. The van der Waals surface area contributed by atoms with Gasteiger partial charge in [-0.05, 0) is 61.9 Å². The maximum absolute atomic E-state index is 12.4. The summed E-state index contributed by atoms with van der Waals surface area (Å²) in [4.78, 5) is 18.7. The number of likely N-dealkylation sites (tertiary alicyclic amines) is 1. The van der Waals surface area contributed by atoms with Gasteiger partial charge in [0.25, 0.3) is 0 Å². The Morgan fingerprint density at radius 3 is 2.41 bits per heavy atom. The maximum atomic E-state index is 12.4. The van der Waals surface area contributed by atoms with Crippen LogP contribution in [0.4, 0.5) is 0 Å². The van der Waals surface area contributed by atoms with Gasteiger partial charge in [-0.25, -0.2) is 0 Å². The summed E-state index contributed by atoms with van der Waals surface area (Å²) in [6.45, 7) is 6.20. The Balaban J connectivity index is 2.44. The molecule has 1 aromatic heterocycles. The lowest BCUT2D eigenvalue weighted by Crippen LogP contribution is -2.38. The zero-order valence-corrected chi connectivity index (χ0v) is 12.8. The first-order chi connectivity index (χ1) is 7.77. The fraction of sp³-hybridized carbons (Fsp3) is 0.538. The van der Waals surface area contributed by atoms with Gasteiger partial charge >= 0.3 is 0 Å². The quantitative estimate of drug-likeness (QED) is 0.734. The minimum atomic E-state index is -0.484. The minimum absolute atomic E-state index is 0.101. The molecule has 1 aromatic rings. The normalized spacial score (nSPS) is 27.6. The molecule has 1 aliphatic rings. The van der Waals surface area contributed by atoms with Crippen LogP contribution in [-0.4, -0.2) is 28.4 Å². The summed E-state index contributed by atoms with van der Waals surface area (Å²) in [6.07, 6.45) is 2.63. The number of aromatic nitrogens is 1. The highest BCUT2D eigenvalue weighted by molar-refractivity contribution is 14.1. The van der Waals surface area contributed by atoms with Gasteiger partial charge in [0.2, 0.25) is 5.91 Å². The van der Waals surface area contributed by atoms with Gasteiger partial charge in [-0.1, -0.05) is 0 Å². The lowest BCUT2D eigenvalue weighted by Gasteiger charge is -2.26. The molecule has 1 unspecified atom stereocenters. The number of halogens is 1. The van der Waals surface area contributed by atoms with E-state index in [-0.39, 0.29) is 11.4 Å². The standard InChI is InChI=1S/C13H17IN2O/c1-12(2)8-13(3,11(17)16(12)4)10-6-5-9(14)7-15-10/h5-7H,8H2,1-4H3. The number of pyridine rings is 1. The second-order valence-electron chi connectivity index (χ2n) is 5.55. The lowest BCUT2D eigenvalue weighted by atomic mass is 9.80. The predicted octanol–water partition coefficient (Wildman–Crippen LogP) is 2.58. The van der Waals surface area contributed by atoms with Gasteiger partial charge < -0.3 is 4.90 Å². The van der Waals surface area contributed by atoms with E-state index in [0.717, 1.165) is 15.7 Å². The third-order valence-electron chi connectivity index (χ3n) is 3.76. The maximum Gasteiger partial charge on any atom is 0.234 e. The summed E-state index contributed by atoms with van der Waals surface area (Å²) in [7, 11) is 1.88. The monoisotopic (exact) mass is 344 g/mol. The van der Waals surface area contributed by atoms with Crippen LogP contribution in [-0.2, 0) is 10.2 Å². The van der Waals surface area contributed by atoms with Crippen molar-refractivity contribution in [3.05, 3.63) is 27.6 Å². The fourth-order valence-electron chi connectivity index (χ4n) is 2.61. The molecule has 1 atom stereocenters. The smallest absolute Gasteiger partial charge is 0.234 e. The van der Waals surface area contributed by atoms with E-state index in [1.165, 1.54) is 0 Å². The number of hydrogen-bond donors (Lipinski definition) is 0. The molecule has 0 radical (unpaired) electrons. The van der Waals surface area contributed by atoms with Crippen LogP contribution in [0.2, 0.25) is 0 Å². The number of amides is 1. The summed E-state index contributed by atoms with van der Waals surface area (Å²) < 4.78 is 1.09. The van der Waals surface area contributed by atoms with E-state index in [1.807, 2.05) is 37.2 Å². The molecular weight excluding hydrogens is 327 g/mol. The van der Waals surface area contributed by atoms with Crippen molar-refractivity contribution in [3.63, 3.8) is 0 Å². The first-order valence-electron chi connectivity index (χ1n) is 5.68. The van der Waals surface area contributed by atoms with Crippen molar-refractivity contribution in [1.29, 1.82) is 0 Å². The highest BCUT2D eigenvalue weighted by Crippen LogP contribution is 2.42. The SMILES string of the molecule is CN1C(=O)C(C)(c2ccc(I)cn2)CC1(C)C. The highest BCUT2D eigenvalue weighted by atomic mass is 127. The molecule has 2 heterocycles. The van der Waals surface area contributed by atoms with Gasteiger partial charge in [-0.15, -0.1) is 0 Å². The zero-order chi connectivity index (χ0) is 12.8. The van der Waals surface area contributed by atoms with Gasteiger partial charge in [-0.2, -0.15) is 0 Å². The van der Waals surface area contributed by atoms with Crippen molar-refractivity contribution >= 4 is 28.5 Å². The molecule has 0 aliphatic carbocycles. The minimum Gasteiger partial charge on any atom is -0.340 e. The molecule has 17 heavy (non-hydrogen) atoms. The molecule has 0 saturated carbocycles. The molecule has 92 valence electrons. The van der Waals surface area contributed by atoms with Crippen LogP contribution >= 0.6 is 22.6 Å². The van der Waals surface area contributed by atoms with Crippen molar-refractivity contribution in [1.82, 2.24) is 9.88 Å². The van der Waals surface area contributed by atoms with Crippen molar-refractivity contribution in [3.8, 4) is 0 Å².